The van der Waals surface area contributed by atoms with Crippen LogP contribution < -0.4 is 11.2 Å². The number of carbonyl (C=O) groups excluding carboxylic acids is 2. The minimum absolute atomic E-state index is 0.0788. The number of aromatic nitrogens is 3. The van der Waals surface area contributed by atoms with Gasteiger partial charge in [0.05, 0.1) is 0 Å². The number of hydrogen-bond donors (Lipinski definition) is 2. The zero-order chi connectivity index (χ0) is 23.4. The van der Waals surface area contributed by atoms with E-state index in [2.05, 4.69) is 15.5 Å². The number of ketones is 1. The molecule has 1 heterocycles. The van der Waals surface area contributed by atoms with Crippen molar-refractivity contribution in [1.82, 2.24) is 14.9 Å². The number of nitrogens with zero attached hydrogens (tertiary/aromatic N) is 3. The number of hydrogen-bond acceptors (Lipinski definition) is 6. The Morgan fingerprint density at radius 3 is 2.48 bits per heavy atom. The van der Waals surface area contributed by atoms with E-state index in [1.165, 1.54) is 23.4 Å². The Morgan fingerprint density at radius 1 is 1.00 bits per heavy atom. The van der Waals surface area contributed by atoms with Crippen LogP contribution in [-0.2, 0) is 4.79 Å². The number of amides is 1. The number of thioether (sulfide) groups is 1. The van der Waals surface area contributed by atoms with Gasteiger partial charge in [-0.2, -0.15) is 0 Å². The molecule has 33 heavy (non-hydrogen) atoms. The maximum atomic E-state index is 13.3. The van der Waals surface area contributed by atoms with E-state index in [9.17, 15) is 9.59 Å². The van der Waals surface area contributed by atoms with Crippen molar-refractivity contribution in [2.45, 2.75) is 17.3 Å². The lowest BCUT2D eigenvalue weighted by molar-refractivity contribution is -0.115. The lowest BCUT2D eigenvalue weighted by atomic mass is 10.1. The maximum Gasteiger partial charge on any atom is 0.242 e. The molecular weight excluding hydrogens is 458 g/mol. The lowest BCUT2D eigenvalue weighted by Crippen LogP contribution is -2.20. The van der Waals surface area contributed by atoms with E-state index >= 15 is 0 Å². The van der Waals surface area contributed by atoms with Gasteiger partial charge < -0.3 is 11.2 Å². The molecule has 0 aliphatic rings. The molecule has 0 aliphatic heterocycles. The third kappa shape index (κ3) is 5.24. The fourth-order valence-corrected chi connectivity index (χ4v) is 4.36. The number of carbonyl (C=O) groups is 2. The van der Waals surface area contributed by atoms with Crippen molar-refractivity contribution in [2.24, 2.45) is 0 Å². The van der Waals surface area contributed by atoms with Crippen molar-refractivity contribution >= 4 is 40.7 Å². The fraction of sp³-hybridized carbons (Fsp3) is 0.0833. The first-order valence-corrected chi connectivity index (χ1v) is 11.3. The van der Waals surface area contributed by atoms with Crippen LogP contribution in [0.5, 0.6) is 0 Å². The Hall–Kier alpha value is -3.62. The predicted molar refractivity (Wildman–Crippen MR) is 131 cm³/mol. The van der Waals surface area contributed by atoms with Crippen molar-refractivity contribution in [3.8, 4) is 11.4 Å². The van der Waals surface area contributed by atoms with Gasteiger partial charge in [0.2, 0.25) is 11.1 Å². The molecule has 1 atom stereocenters. The van der Waals surface area contributed by atoms with E-state index in [0.29, 0.717) is 32.8 Å². The minimum atomic E-state index is -0.661. The van der Waals surface area contributed by atoms with Crippen LogP contribution in [-0.4, -0.2) is 26.6 Å². The van der Waals surface area contributed by atoms with E-state index in [1.807, 2.05) is 36.4 Å². The lowest BCUT2D eigenvalue weighted by Gasteiger charge is -2.17. The number of anilines is 1. The summed E-state index contributed by atoms with van der Waals surface area (Å²) in [5, 5.41) is 11.5. The van der Waals surface area contributed by atoms with Crippen molar-refractivity contribution in [3.63, 3.8) is 0 Å². The molecule has 0 saturated heterocycles. The summed E-state index contributed by atoms with van der Waals surface area (Å²) in [5.41, 5.74) is 2.54. The highest BCUT2D eigenvalue weighted by molar-refractivity contribution is 8.00. The highest BCUT2D eigenvalue weighted by Crippen LogP contribution is 2.36. The van der Waals surface area contributed by atoms with Crippen LogP contribution in [0.15, 0.2) is 84.0 Å². The molecule has 1 aromatic heterocycles. The first kappa shape index (κ1) is 22.6. The zero-order valence-corrected chi connectivity index (χ0v) is 19.2. The summed E-state index contributed by atoms with van der Waals surface area (Å²) in [5.74, 6) is 6.35. The van der Waals surface area contributed by atoms with Gasteiger partial charge in [-0.1, -0.05) is 78.0 Å². The number of nitrogen functional groups attached to an aromatic ring is 1. The van der Waals surface area contributed by atoms with Crippen LogP contribution in [0.1, 0.15) is 28.1 Å². The number of halogens is 1. The molecule has 4 rings (SSSR count). The molecule has 3 N–H and O–H groups in total. The Bertz CT molecular complexity index is 1310. The molecule has 0 fully saturated rings. The van der Waals surface area contributed by atoms with Crippen LogP contribution in [0.25, 0.3) is 11.4 Å². The van der Waals surface area contributed by atoms with Crippen molar-refractivity contribution in [1.29, 1.82) is 0 Å². The zero-order valence-electron chi connectivity index (χ0n) is 17.6. The summed E-state index contributed by atoms with van der Waals surface area (Å²) in [4.78, 5) is 25.0. The molecule has 3 aromatic carbocycles. The molecule has 4 aromatic rings. The summed E-state index contributed by atoms with van der Waals surface area (Å²) in [6.07, 6.45) is 0. The van der Waals surface area contributed by atoms with E-state index in [-0.39, 0.29) is 11.7 Å². The standard InChI is InChI=1S/C24H20ClN5O2S/c1-15(31)17-9-6-12-20(14-17)27-23(32)21(16-7-3-2-4-8-16)33-24-29-28-22(30(24)26)18-10-5-11-19(25)13-18/h2-14,21H,26H2,1H3,(H,27,32)/t21-/m0/s1. The highest BCUT2D eigenvalue weighted by Gasteiger charge is 2.26. The summed E-state index contributed by atoms with van der Waals surface area (Å²) < 4.78 is 1.34. The van der Waals surface area contributed by atoms with Gasteiger partial charge in [0.1, 0.15) is 5.25 Å². The van der Waals surface area contributed by atoms with Gasteiger partial charge in [0.15, 0.2) is 11.6 Å². The molecule has 0 spiro atoms. The molecule has 0 bridgehead atoms. The van der Waals surface area contributed by atoms with E-state index in [0.717, 1.165) is 5.56 Å². The third-order valence-electron chi connectivity index (χ3n) is 4.85. The van der Waals surface area contributed by atoms with Gasteiger partial charge in [-0.25, -0.2) is 4.68 Å². The van der Waals surface area contributed by atoms with Gasteiger partial charge in [-0.15, -0.1) is 10.2 Å². The van der Waals surface area contributed by atoms with Crippen LogP contribution in [0.2, 0.25) is 5.02 Å². The van der Waals surface area contributed by atoms with Gasteiger partial charge in [-0.05, 0) is 36.8 Å². The number of benzene rings is 3. The van der Waals surface area contributed by atoms with Crippen molar-refractivity contribution in [3.05, 3.63) is 95.0 Å². The molecule has 0 radical (unpaired) electrons. The van der Waals surface area contributed by atoms with Crippen LogP contribution in [0.4, 0.5) is 5.69 Å². The topological polar surface area (TPSA) is 103 Å². The Morgan fingerprint density at radius 2 is 1.76 bits per heavy atom. The summed E-state index contributed by atoms with van der Waals surface area (Å²) in [6.45, 7) is 1.48. The molecule has 0 unspecified atom stereocenters. The summed E-state index contributed by atoms with van der Waals surface area (Å²) >= 11 is 7.27. The molecule has 7 nitrogen and oxygen atoms in total. The number of rotatable bonds is 7. The first-order chi connectivity index (χ1) is 15.9. The summed E-state index contributed by atoms with van der Waals surface area (Å²) in [6, 6.07) is 23.3. The largest absolute Gasteiger partial charge is 0.335 e. The predicted octanol–water partition coefficient (Wildman–Crippen LogP) is 4.99. The molecule has 9 heteroatoms. The van der Waals surface area contributed by atoms with Crippen molar-refractivity contribution < 1.29 is 9.59 Å². The van der Waals surface area contributed by atoms with Gasteiger partial charge in [0, 0.05) is 21.8 Å². The molecule has 166 valence electrons. The van der Waals surface area contributed by atoms with Gasteiger partial charge in [-0.3, -0.25) is 9.59 Å². The molecule has 0 saturated carbocycles. The van der Waals surface area contributed by atoms with Crippen LogP contribution in [0.3, 0.4) is 0 Å². The monoisotopic (exact) mass is 477 g/mol. The van der Waals surface area contributed by atoms with E-state index in [4.69, 9.17) is 17.4 Å². The molecular formula is C24H20ClN5O2S. The molecule has 0 aliphatic carbocycles. The van der Waals surface area contributed by atoms with E-state index < -0.39 is 5.25 Å². The summed E-state index contributed by atoms with van der Waals surface area (Å²) in [7, 11) is 0. The van der Waals surface area contributed by atoms with Gasteiger partial charge >= 0.3 is 0 Å². The fourth-order valence-electron chi connectivity index (χ4n) is 3.21. The molecule has 1 amide bonds. The Balaban J connectivity index is 1.63. The number of nitrogens with one attached hydrogen (secondary N) is 1. The normalized spacial score (nSPS) is 11.7. The smallest absolute Gasteiger partial charge is 0.242 e. The first-order valence-electron chi connectivity index (χ1n) is 10.0. The van der Waals surface area contributed by atoms with E-state index in [1.54, 1.807) is 42.5 Å². The Labute approximate surface area is 199 Å². The number of nitrogens with two attached hydrogens (primary N) is 1. The second-order valence-corrected chi connectivity index (χ2v) is 8.73. The van der Waals surface area contributed by atoms with Crippen LogP contribution >= 0.6 is 23.4 Å². The highest BCUT2D eigenvalue weighted by atomic mass is 35.5. The maximum absolute atomic E-state index is 13.3. The minimum Gasteiger partial charge on any atom is -0.335 e. The van der Waals surface area contributed by atoms with Crippen LogP contribution in [0, 0.1) is 0 Å². The third-order valence-corrected chi connectivity index (χ3v) is 6.29. The average molecular weight is 478 g/mol. The second kappa shape index (κ2) is 9.89. The SMILES string of the molecule is CC(=O)c1cccc(NC(=O)[C@@H](Sc2nnc(-c3cccc(Cl)c3)n2N)c2ccccc2)c1. The quantitative estimate of drug-likeness (QED) is 0.221. The number of Topliss-reactive ketones (excluding diaryl/α,β-unsaturated/α-hetero) is 1. The Kier molecular flexibility index (Phi) is 6.76. The van der Waals surface area contributed by atoms with Crippen molar-refractivity contribution in [2.75, 3.05) is 11.2 Å². The van der Waals surface area contributed by atoms with Gasteiger partial charge in [0.25, 0.3) is 0 Å². The second-order valence-electron chi connectivity index (χ2n) is 7.22. The average Bonchev–Trinajstić information content (AvgIpc) is 3.18.